The Hall–Kier alpha value is -1.63. The fourth-order valence-corrected chi connectivity index (χ4v) is 4.12. The van der Waals surface area contributed by atoms with Crippen LogP contribution in [0.15, 0.2) is 18.3 Å². The lowest BCUT2D eigenvalue weighted by atomic mass is 10.1. The van der Waals surface area contributed by atoms with Crippen molar-refractivity contribution in [1.29, 1.82) is 0 Å². The molecule has 6 nitrogen and oxygen atoms in total. The van der Waals surface area contributed by atoms with Crippen molar-refractivity contribution in [2.24, 2.45) is 5.92 Å². The third kappa shape index (κ3) is 4.70. The van der Waals surface area contributed by atoms with Crippen LogP contribution in [0.3, 0.4) is 0 Å². The summed E-state index contributed by atoms with van der Waals surface area (Å²) in [7, 11) is -2.89. The second-order valence-electron chi connectivity index (χ2n) is 5.34. The van der Waals surface area contributed by atoms with E-state index >= 15 is 0 Å². The number of nitrogens with zero attached hydrogens (tertiary/aromatic N) is 1. The molecule has 2 heterocycles. The van der Waals surface area contributed by atoms with Gasteiger partial charge in [-0.1, -0.05) is 6.92 Å². The van der Waals surface area contributed by atoms with Gasteiger partial charge in [-0.25, -0.2) is 13.4 Å². The largest absolute Gasteiger partial charge is 0.370 e. The maximum Gasteiger partial charge on any atom is 0.252 e. The highest BCUT2D eigenvalue weighted by molar-refractivity contribution is 7.91. The van der Waals surface area contributed by atoms with E-state index in [0.717, 1.165) is 18.8 Å². The molecule has 1 saturated heterocycles. The Balaban J connectivity index is 1.83. The van der Waals surface area contributed by atoms with Crippen molar-refractivity contribution in [1.82, 2.24) is 10.3 Å². The van der Waals surface area contributed by atoms with Crippen LogP contribution in [0, 0.1) is 5.92 Å². The van der Waals surface area contributed by atoms with Gasteiger partial charge in [0.1, 0.15) is 5.82 Å². The quantitative estimate of drug-likeness (QED) is 0.820. The molecule has 1 aromatic rings. The molecule has 1 aromatic heterocycles. The number of hydrogen-bond donors (Lipinski definition) is 2. The number of carbonyl (C=O) groups excluding carboxylic acids is 1. The monoisotopic (exact) mass is 311 g/mol. The van der Waals surface area contributed by atoms with Crippen LogP contribution in [-0.2, 0) is 9.84 Å². The molecule has 2 rings (SSSR count). The second kappa shape index (κ2) is 6.89. The van der Waals surface area contributed by atoms with Crippen LogP contribution < -0.4 is 10.6 Å². The first-order chi connectivity index (χ1) is 10.00. The molecular formula is C14H21N3O3S. The molecule has 0 aromatic carbocycles. The van der Waals surface area contributed by atoms with Gasteiger partial charge in [-0.05, 0) is 30.9 Å². The molecule has 0 radical (unpaired) electrons. The minimum absolute atomic E-state index is 0.0254. The van der Waals surface area contributed by atoms with Gasteiger partial charge in [0.25, 0.3) is 5.91 Å². The molecule has 116 valence electrons. The number of pyridine rings is 1. The van der Waals surface area contributed by atoms with E-state index in [-0.39, 0.29) is 23.3 Å². The summed E-state index contributed by atoms with van der Waals surface area (Å²) in [6.07, 6.45) is 3.16. The highest BCUT2D eigenvalue weighted by Gasteiger charge is 2.27. The molecule has 7 heteroatoms. The maximum atomic E-state index is 12.0. The van der Waals surface area contributed by atoms with Gasteiger partial charge in [-0.2, -0.15) is 0 Å². The van der Waals surface area contributed by atoms with Gasteiger partial charge in [0.2, 0.25) is 0 Å². The lowest BCUT2D eigenvalue weighted by Crippen LogP contribution is -2.29. The normalized spacial score (nSPS) is 20.1. The topological polar surface area (TPSA) is 88.2 Å². The first-order valence-corrected chi connectivity index (χ1v) is 9.01. The summed E-state index contributed by atoms with van der Waals surface area (Å²) in [5.74, 6) is 0.958. The summed E-state index contributed by atoms with van der Waals surface area (Å²) in [6, 6.07) is 3.48. The average Bonchev–Trinajstić information content (AvgIpc) is 2.82. The third-order valence-electron chi connectivity index (χ3n) is 3.46. The average molecular weight is 311 g/mol. The summed E-state index contributed by atoms with van der Waals surface area (Å²) >= 11 is 0. The van der Waals surface area contributed by atoms with Gasteiger partial charge >= 0.3 is 0 Å². The van der Waals surface area contributed by atoms with Crippen molar-refractivity contribution in [2.45, 2.75) is 19.8 Å². The van der Waals surface area contributed by atoms with Crippen molar-refractivity contribution < 1.29 is 13.2 Å². The number of nitrogens with one attached hydrogen (secondary N) is 2. The summed E-state index contributed by atoms with van der Waals surface area (Å²) in [5, 5.41) is 5.91. The number of rotatable bonds is 6. The van der Waals surface area contributed by atoms with Crippen molar-refractivity contribution in [2.75, 3.05) is 29.9 Å². The van der Waals surface area contributed by atoms with Crippen LogP contribution in [0.1, 0.15) is 30.1 Å². The van der Waals surface area contributed by atoms with E-state index in [1.54, 1.807) is 12.1 Å². The summed E-state index contributed by atoms with van der Waals surface area (Å²) in [6.45, 7) is 3.31. The Morgan fingerprint density at radius 2 is 2.24 bits per heavy atom. The van der Waals surface area contributed by atoms with Crippen LogP contribution in [-0.4, -0.2) is 43.9 Å². The predicted octanol–water partition coefficient (Wildman–Crippen LogP) is 1.07. The summed E-state index contributed by atoms with van der Waals surface area (Å²) in [4.78, 5) is 16.1. The fraction of sp³-hybridized carbons (Fsp3) is 0.571. The molecule has 2 N–H and O–H groups in total. The van der Waals surface area contributed by atoms with E-state index in [9.17, 15) is 13.2 Å². The number of anilines is 1. The first kappa shape index (κ1) is 15.8. The maximum absolute atomic E-state index is 12.0. The number of hydrogen-bond acceptors (Lipinski definition) is 5. The minimum atomic E-state index is -2.89. The van der Waals surface area contributed by atoms with Crippen molar-refractivity contribution in [3.8, 4) is 0 Å². The van der Waals surface area contributed by atoms with Crippen LogP contribution in [0.5, 0.6) is 0 Å². The number of aromatic nitrogens is 1. The summed E-state index contributed by atoms with van der Waals surface area (Å²) in [5.41, 5.74) is 0.484. The van der Waals surface area contributed by atoms with Gasteiger partial charge in [0.15, 0.2) is 9.84 Å². The molecule has 0 spiro atoms. The highest BCUT2D eigenvalue weighted by atomic mass is 32.2. The van der Waals surface area contributed by atoms with E-state index in [4.69, 9.17) is 0 Å². The van der Waals surface area contributed by atoms with Crippen LogP contribution >= 0.6 is 0 Å². The number of sulfone groups is 1. The highest BCUT2D eigenvalue weighted by Crippen LogP contribution is 2.17. The predicted molar refractivity (Wildman–Crippen MR) is 82.1 cm³/mol. The van der Waals surface area contributed by atoms with Gasteiger partial charge in [0.05, 0.1) is 17.1 Å². The van der Waals surface area contributed by atoms with Gasteiger partial charge < -0.3 is 10.6 Å². The second-order valence-corrected chi connectivity index (χ2v) is 7.57. The lowest BCUT2D eigenvalue weighted by Gasteiger charge is -2.10. The molecule has 1 aliphatic rings. The van der Waals surface area contributed by atoms with E-state index < -0.39 is 9.84 Å². The molecule has 1 fully saturated rings. The lowest BCUT2D eigenvalue weighted by molar-refractivity contribution is 0.0948. The third-order valence-corrected chi connectivity index (χ3v) is 5.30. The van der Waals surface area contributed by atoms with Crippen molar-refractivity contribution in [3.63, 3.8) is 0 Å². The van der Waals surface area contributed by atoms with Gasteiger partial charge in [-0.15, -0.1) is 0 Å². The Morgan fingerprint density at radius 3 is 2.81 bits per heavy atom. The Labute approximate surface area is 125 Å². The van der Waals surface area contributed by atoms with E-state index in [2.05, 4.69) is 22.5 Å². The fourth-order valence-electron chi connectivity index (χ4n) is 2.26. The minimum Gasteiger partial charge on any atom is -0.370 e. The molecule has 21 heavy (non-hydrogen) atoms. The smallest absolute Gasteiger partial charge is 0.252 e. The van der Waals surface area contributed by atoms with E-state index in [1.165, 1.54) is 6.20 Å². The van der Waals surface area contributed by atoms with E-state index in [0.29, 0.717) is 18.5 Å². The molecule has 1 amide bonds. The molecule has 1 unspecified atom stereocenters. The van der Waals surface area contributed by atoms with Crippen molar-refractivity contribution in [3.05, 3.63) is 23.9 Å². The molecular weight excluding hydrogens is 290 g/mol. The molecule has 0 bridgehead atoms. The molecule has 0 aliphatic carbocycles. The number of amides is 1. The molecule has 1 aliphatic heterocycles. The van der Waals surface area contributed by atoms with Crippen LogP contribution in [0.25, 0.3) is 0 Å². The standard InChI is InChI=1S/C14H21N3O3S/c1-2-6-15-13-4-3-12(9-16-13)14(18)17-8-11-5-7-21(19,20)10-11/h3-4,9,11H,2,5-8,10H2,1H3,(H,15,16)(H,17,18). The van der Waals surface area contributed by atoms with Crippen LogP contribution in [0.2, 0.25) is 0 Å². The van der Waals surface area contributed by atoms with Gasteiger partial charge in [-0.3, -0.25) is 4.79 Å². The number of carbonyl (C=O) groups is 1. The van der Waals surface area contributed by atoms with E-state index in [1.807, 2.05) is 0 Å². The Bertz CT molecular complexity index is 584. The molecule has 0 saturated carbocycles. The van der Waals surface area contributed by atoms with Crippen LogP contribution in [0.4, 0.5) is 5.82 Å². The Kier molecular flexibility index (Phi) is 5.17. The zero-order chi connectivity index (χ0) is 15.3. The zero-order valence-electron chi connectivity index (χ0n) is 12.1. The first-order valence-electron chi connectivity index (χ1n) is 7.18. The zero-order valence-corrected chi connectivity index (χ0v) is 12.9. The SMILES string of the molecule is CCCNc1ccc(C(=O)NCC2CCS(=O)(=O)C2)cn1. The van der Waals surface area contributed by atoms with Crippen molar-refractivity contribution >= 4 is 21.6 Å². The summed E-state index contributed by atoms with van der Waals surface area (Å²) < 4.78 is 22.7. The van der Waals surface area contributed by atoms with Gasteiger partial charge in [0, 0.05) is 19.3 Å². The molecule has 1 atom stereocenters. The Morgan fingerprint density at radius 1 is 1.43 bits per heavy atom.